The topological polar surface area (TPSA) is 42.2 Å². The maximum Gasteiger partial charge on any atom is 0.255 e. The van der Waals surface area contributed by atoms with Gasteiger partial charge in [0, 0.05) is 0 Å². The van der Waals surface area contributed by atoms with E-state index in [1.54, 1.807) is 19.3 Å². The molecule has 1 unspecified atom stereocenters. The third-order valence-corrected chi connectivity index (χ3v) is 3.93. The number of amides is 1. The SMILES string of the molecule is CCCc1ccc(C(NC(=O)c2ccoc2C)C(C)C)cc1. The molecule has 0 spiro atoms. The number of carbonyl (C=O) groups is 1. The zero-order valence-electron chi connectivity index (χ0n) is 13.8. The van der Waals surface area contributed by atoms with Crippen molar-refractivity contribution in [3.63, 3.8) is 0 Å². The number of nitrogens with one attached hydrogen (secondary N) is 1. The van der Waals surface area contributed by atoms with Gasteiger partial charge in [-0.15, -0.1) is 0 Å². The summed E-state index contributed by atoms with van der Waals surface area (Å²) in [5.41, 5.74) is 3.09. The highest BCUT2D eigenvalue weighted by molar-refractivity contribution is 5.95. The molecule has 118 valence electrons. The lowest BCUT2D eigenvalue weighted by Crippen LogP contribution is -2.31. The largest absolute Gasteiger partial charge is 0.469 e. The third kappa shape index (κ3) is 3.79. The summed E-state index contributed by atoms with van der Waals surface area (Å²) in [6, 6.07) is 10.3. The van der Waals surface area contributed by atoms with Gasteiger partial charge in [-0.3, -0.25) is 4.79 Å². The van der Waals surface area contributed by atoms with Gasteiger partial charge in [-0.2, -0.15) is 0 Å². The van der Waals surface area contributed by atoms with Crippen molar-refractivity contribution in [1.82, 2.24) is 5.32 Å². The second-order valence-corrected chi connectivity index (χ2v) is 6.08. The van der Waals surface area contributed by atoms with Gasteiger partial charge in [-0.05, 0) is 36.5 Å². The van der Waals surface area contributed by atoms with E-state index in [4.69, 9.17) is 4.42 Å². The van der Waals surface area contributed by atoms with Crippen molar-refractivity contribution in [3.8, 4) is 0 Å². The molecular formula is C19H25NO2. The smallest absolute Gasteiger partial charge is 0.255 e. The Balaban J connectivity index is 2.16. The van der Waals surface area contributed by atoms with Gasteiger partial charge in [0.1, 0.15) is 5.76 Å². The van der Waals surface area contributed by atoms with Gasteiger partial charge >= 0.3 is 0 Å². The van der Waals surface area contributed by atoms with Crippen LogP contribution in [0, 0.1) is 12.8 Å². The molecular weight excluding hydrogens is 274 g/mol. The van der Waals surface area contributed by atoms with E-state index in [1.165, 1.54) is 5.56 Å². The number of rotatable bonds is 6. The molecule has 0 fully saturated rings. The zero-order valence-corrected chi connectivity index (χ0v) is 13.8. The zero-order chi connectivity index (χ0) is 16.1. The first kappa shape index (κ1) is 16.3. The highest BCUT2D eigenvalue weighted by atomic mass is 16.3. The minimum atomic E-state index is -0.0809. The minimum absolute atomic E-state index is 0.00234. The van der Waals surface area contributed by atoms with Gasteiger partial charge in [0.05, 0.1) is 17.9 Å². The molecule has 1 aromatic heterocycles. The fourth-order valence-corrected chi connectivity index (χ4v) is 2.65. The van der Waals surface area contributed by atoms with E-state index in [0.29, 0.717) is 17.2 Å². The van der Waals surface area contributed by atoms with E-state index in [-0.39, 0.29) is 11.9 Å². The van der Waals surface area contributed by atoms with Gasteiger partial charge in [-0.25, -0.2) is 0 Å². The van der Waals surface area contributed by atoms with E-state index in [2.05, 4.69) is 50.4 Å². The Morgan fingerprint density at radius 2 is 1.86 bits per heavy atom. The molecule has 0 radical (unpaired) electrons. The predicted octanol–water partition coefficient (Wildman–Crippen LogP) is 4.67. The summed E-state index contributed by atoms with van der Waals surface area (Å²) in [7, 11) is 0. The Kier molecular flexibility index (Phi) is 5.42. The van der Waals surface area contributed by atoms with E-state index in [1.807, 2.05) is 0 Å². The fraction of sp³-hybridized carbons (Fsp3) is 0.421. The van der Waals surface area contributed by atoms with Crippen LogP contribution in [0.4, 0.5) is 0 Å². The number of furan rings is 1. The molecule has 0 saturated heterocycles. The highest BCUT2D eigenvalue weighted by Crippen LogP contribution is 2.23. The van der Waals surface area contributed by atoms with E-state index >= 15 is 0 Å². The molecule has 3 nitrogen and oxygen atoms in total. The number of hydrogen-bond donors (Lipinski definition) is 1. The van der Waals surface area contributed by atoms with Crippen molar-refractivity contribution in [2.24, 2.45) is 5.92 Å². The molecule has 0 aliphatic rings. The van der Waals surface area contributed by atoms with Gasteiger partial charge in [0.15, 0.2) is 0 Å². The van der Waals surface area contributed by atoms with Crippen molar-refractivity contribution in [2.45, 2.75) is 46.6 Å². The number of hydrogen-bond acceptors (Lipinski definition) is 2. The Bertz CT molecular complexity index is 611. The molecule has 1 amide bonds. The molecule has 1 atom stereocenters. The second kappa shape index (κ2) is 7.30. The lowest BCUT2D eigenvalue weighted by atomic mass is 9.94. The first-order valence-corrected chi connectivity index (χ1v) is 7.96. The maximum absolute atomic E-state index is 12.4. The Morgan fingerprint density at radius 1 is 1.18 bits per heavy atom. The van der Waals surface area contributed by atoms with Crippen molar-refractivity contribution in [3.05, 3.63) is 59.0 Å². The summed E-state index contributed by atoms with van der Waals surface area (Å²) in [4.78, 5) is 12.4. The average molecular weight is 299 g/mol. The van der Waals surface area contributed by atoms with E-state index in [9.17, 15) is 4.79 Å². The number of carbonyl (C=O) groups excluding carboxylic acids is 1. The van der Waals surface area contributed by atoms with Crippen LogP contribution in [0.2, 0.25) is 0 Å². The third-order valence-electron chi connectivity index (χ3n) is 3.93. The van der Waals surface area contributed by atoms with Crippen LogP contribution in [-0.4, -0.2) is 5.91 Å². The lowest BCUT2D eigenvalue weighted by molar-refractivity contribution is 0.0924. The molecule has 2 rings (SSSR count). The molecule has 1 N–H and O–H groups in total. The maximum atomic E-state index is 12.4. The number of aryl methyl sites for hydroxylation is 2. The standard InChI is InChI=1S/C19H25NO2/c1-5-6-15-7-9-16(10-8-15)18(13(2)3)20-19(21)17-11-12-22-14(17)4/h7-13,18H,5-6H2,1-4H3,(H,20,21). The molecule has 0 aliphatic heterocycles. The van der Waals surface area contributed by atoms with Gasteiger partial charge in [0.2, 0.25) is 0 Å². The van der Waals surface area contributed by atoms with Gasteiger partial charge < -0.3 is 9.73 Å². The molecule has 1 aromatic carbocycles. The van der Waals surface area contributed by atoms with Crippen LogP contribution in [0.3, 0.4) is 0 Å². The monoisotopic (exact) mass is 299 g/mol. The summed E-state index contributed by atoms with van der Waals surface area (Å²) in [5, 5.41) is 3.13. The van der Waals surface area contributed by atoms with Crippen LogP contribution < -0.4 is 5.32 Å². The van der Waals surface area contributed by atoms with Crippen molar-refractivity contribution < 1.29 is 9.21 Å². The Morgan fingerprint density at radius 3 is 2.36 bits per heavy atom. The van der Waals surface area contributed by atoms with Crippen molar-refractivity contribution in [1.29, 1.82) is 0 Å². The summed E-state index contributed by atoms with van der Waals surface area (Å²) in [6.45, 7) is 8.22. The molecule has 0 aliphatic carbocycles. The second-order valence-electron chi connectivity index (χ2n) is 6.08. The summed E-state index contributed by atoms with van der Waals surface area (Å²) >= 11 is 0. The molecule has 22 heavy (non-hydrogen) atoms. The van der Waals surface area contributed by atoms with Crippen molar-refractivity contribution in [2.75, 3.05) is 0 Å². The average Bonchev–Trinajstić information content (AvgIpc) is 2.92. The Labute approximate surface area is 132 Å². The molecule has 0 bridgehead atoms. The van der Waals surface area contributed by atoms with Crippen LogP contribution in [-0.2, 0) is 6.42 Å². The first-order chi connectivity index (χ1) is 10.5. The molecule has 0 saturated carbocycles. The van der Waals surface area contributed by atoms with Gasteiger partial charge in [0.25, 0.3) is 5.91 Å². The lowest BCUT2D eigenvalue weighted by Gasteiger charge is -2.23. The quantitative estimate of drug-likeness (QED) is 0.842. The van der Waals surface area contributed by atoms with Crippen LogP contribution in [0.5, 0.6) is 0 Å². The van der Waals surface area contributed by atoms with Crippen LogP contribution in [0.15, 0.2) is 41.0 Å². The number of benzene rings is 1. The first-order valence-electron chi connectivity index (χ1n) is 7.96. The van der Waals surface area contributed by atoms with E-state index in [0.717, 1.165) is 18.4 Å². The van der Waals surface area contributed by atoms with E-state index < -0.39 is 0 Å². The molecule has 3 heteroatoms. The summed E-state index contributed by atoms with van der Waals surface area (Å²) in [6.07, 6.45) is 3.78. The minimum Gasteiger partial charge on any atom is -0.469 e. The molecule has 2 aromatic rings. The fourth-order valence-electron chi connectivity index (χ4n) is 2.65. The normalized spacial score (nSPS) is 12.4. The van der Waals surface area contributed by atoms with Crippen LogP contribution in [0.25, 0.3) is 0 Å². The highest BCUT2D eigenvalue weighted by Gasteiger charge is 2.20. The van der Waals surface area contributed by atoms with Gasteiger partial charge in [-0.1, -0.05) is 51.5 Å². The summed E-state index contributed by atoms with van der Waals surface area (Å²) in [5.74, 6) is 0.883. The van der Waals surface area contributed by atoms with Crippen LogP contribution >= 0.6 is 0 Å². The predicted molar refractivity (Wildman–Crippen MR) is 88.9 cm³/mol. The Hall–Kier alpha value is -2.03. The van der Waals surface area contributed by atoms with Crippen LogP contribution in [0.1, 0.15) is 60.5 Å². The summed E-state index contributed by atoms with van der Waals surface area (Å²) < 4.78 is 5.22. The van der Waals surface area contributed by atoms with Crippen molar-refractivity contribution >= 4 is 5.91 Å². The molecule has 1 heterocycles.